The van der Waals surface area contributed by atoms with E-state index in [4.69, 9.17) is 4.42 Å². The van der Waals surface area contributed by atoms with E-state index >= 15 is 0 Å². The number of rotatable bonds is 3. The van der Waals surface area contributed by atoms with Crippen molar-refractivity contribution in [3.8, 4) is 0 Å². The zero-order valence-corrected chi connectivity index (χ0v) is 17.3. The number of fused-ring (bicyclic) bond motifs is 2. The standard InChI is InChI=1S/C25H24N2O4/c28-21-6-3-7-22-24(21)20(16-31-22)25(30)26-11-10-23(29)27(13-12-26)15-17-8-9-18-4-1-2-5-19(18)14-17/h1-2,4-5,8-9,14,16H,3,6-7,10-13,15H2. The fraction of sp³-hybridized carbons (Fsp3) is 0.320. The van der Waals surface area contributed by atoms with Crippen LogP contribution in [0.5, 0.6) is 0 Å². The third-order valence-corrected chi connectivity index (χ3v) is 6.25. The number of amides is 2. The second-order valence-corrected chi connectivity index (χ2v) is 8.26. The first-order valence-electron chi connectivity index (χ1n) is 10.8. The van der Waals surface area contributed by atoms with Crippen LogP contribution in [0, 0.1) is 0 Å². The van der Waals surface area contributed by atoms with Crippen molar-refractivity contribution in [2.75, 3.05) is 19.6 Å². The number of Topliss-reactive ketones (excluding diaryl/α,β-unsaturated/α-hetero) is 1. The zero-order valence-electron chi connectivity index (χ0n) is 17.3. The van der Waals surface area contributed by atoms with Crippen LogP contribution in [0.15, 0.2) is 53.1 Å². The number of nitrogens with zero attached hydrogens (tertiary/aromatic N) is 2. The number of furan rings is 1. The molecule has 0 radical (unpaired) electrons. The van der Waals surface area contributed by atoms with Gasteiger partial charge in [0.1, 0.15) is 12.0 Å². The summed E-state index contributed by atoms with van der Waals surface area (Å²) >= 11 is 0. The van der Waals surface area contributed by atoms with E-state index in [-0.39, 0.29) is 24.0 Å². The molecule has 2 aliphatic rings. The smallest absolute Gasteiger partial charge is 0.257 e. The summed E-state index contributed by atoms with van der Waals surface area (Å²) in [4.78, 5) is 41.7. The fourth-order valence-electron chi connectivity index (χ4n) is 4.54. The molecule has 2 aromatic carbocycles. The molecular weight excluding hydrogens is 392 g/mol. The number of carbonyl (C=O) groups excluding carboxylic acids is 3. The molecule has 1 aliphatic heterocycles. The zero-order chi connectivity index (χ0) is 21.4. The van der Waals surface area contributed by atoms with E-state index in [1.165, 1.54) is 11.6 Å². The van der Waals surface area contributed by atoms with Gasteiger partial charge >= 0.3 is 0 Å². The van der Waals surface area contributed by atoms with Crippen molar-refractivity contribution in [3.05, 3.63) is 71.2 Å². The van der Waals surface area contributed by atoms with E-state index in [9.17, 15) is 14.4 Å². The summed E-state index contributed by atoms with van der Waals surface area (Å²) in [5.41, 5.74) is 1.86. The number of benzene rings is 2. The van der Waals surface area contributed by atoms with Crippen molar-refractivity contribution in [1.82, 2.24) is 9.80 Å². The highest BCUT2D eigenvalue weighted by atomic mass is 16.3. The quantitative estimate of drug-likeness (QED) is 0.651. The lowest BCUT2D eigenvalue weighted by molar-refractivity contribution is -0.130. The fourth-order valence-corrected chi connectivity index (χ4v) is 4.54. The van der Waals surface area contributed by atoms with Gasteiger partial charge in [0.25, 0.3) is 5.91 Å². The summed E-state index contributed by atoms with van der Waals surface area (Å²) in [5, 5.41) is 2.32. The van der Waals surface area contributed by atoms with Gasteiger partial charge in [-0.2, -0.15) is 0 Å². The minimum absolute atomic E-state index is 0.0258. The van der Waals surface area contributed by atoms with Crippen LogP contribution in [-0.2, 0) is 17.8 Å². The topological polar surface area (TPSA) is 70.8 Å². The summed E-state index contributed by atoms with van der Waals surface area (Å²) in [7, 11) is 0. The van der Waals surface area contributed by atoms with Crippen LogP contribution in [0.3, 0.4) is 0 Å². The summed E-state index contributed by atoms with van der Waals surface area (Å²) in [6, 6.07) is 14.4. The Balaban J connectivity index is 1.31. The highest BCUT2D eigenvalue weighted by Crippen LogP contribution is 2.27. The average Bonchev–Trinajstić information content (AvgIpc) is 3.14. The Labute approximate surface area is 180 Å². The van der Waals surface area contributed by atoms with Crippen LogP contribution >= 0.6 is 0 Å². The van der Waals surface area contributed by atoms with E-state index in [2.05, 4.69) is 24.3 Å². The predicted molar refractivity (Wildman–Crippen MR) is 116 cm³/mol. The molecule has 6 nitrogen and oxygen atoms in total. The molecule has 0 atom stereocenters. The molecule has 0 spiro atoms. The summed E-state index contributed by atoms with van der Waals surface area (Å²) < 4.78 is 5.51. The molecule has 158 valence electrons. The normalized spacial score (nSPS) is 17.0. The molecule has 5 rings (SSSR count). The monoisotopic (exact) mass is 416 g/mol. The van der Waals surface area contributed by atoms with Gasteiger partial charge in [-0.25, -0.2) is 0 Å². The Hall–Kier alpha value is -3.41. The number of ketones is 1. The number of aryl methyl sites for hydroxylation is 1. The molecule has 2 heterocycles. The van der Waals surface area contributed by atoms with Gasteiger partial charge in [-0.1, -0.05) is 36.4 Å². The number of hydrogen-bond donors (Lipinski definition) is 0. The third kappa shape index (κ3) is 3.74. The molecule has 3 aromatic rings. The molecule has 0 bridgehead atoms. The molecule has 1 fully saturated rings. The first-order valence-corrected chi connectivity index (χ1v) is 10.8. The second kappa shape index (κ2) is 8.02. The Morgan fingerprint density at radius 3 is 2.65 bits per heavy atom. The Morgan fingerprint density at radius 2 is 1.77 bits per heavy atom. The van der Waals surface area contributed by atoms with Gasteiger partial charge < -0.3 is 14.2 Å². The van der Waals surface area contributed by atoms with E-state index in [1.807, 2.05) is 23.1 Å². The largest absolute Gasteiger partial charge is 0.468 e. The maximum Gasteiger partial charge on any atom is 0.257 e. The molecule has 0 saturated carbocycles. The molecule has 1 aliphatic carbocycles. The molecule has 1 aromatic heterocycles. The Bertz CT molecular complexity index is 1180. The van der Waals surface area contributed by atoms with Gasteiger partial charge in [0.2, 0.25) is 5.91 Å². The predicted octanol–water partition coefficient (Wildman–Crippen LogP) is 3.83. The summed E-state index contributed by atoms with van der Waals surface area (Å²) in [6.07, 6.45) is 3.58. The summed E-state index contributed by atoms with van der Waals surface area (Å²) in [5.74, 6) is 0.403. The van der Waals surface area contributed by atoms with E-state index < -0.39 is 0 Å². The minimum Gasteiger partial charge on any atom is -0.468 e. The Morgan fingerprint density at radius 1 is 0.935 bits per heavy atom. The molecule has 0 unspecified atom stereocenters. The highest BCUT2D eigenvalue weighted by molar-refractivity contribution is 6.09. The first-order chi connectivity index (χ1) is 15.1. The van der Waals surface area contributed by atoms with Gasteiger partial charge in [0, 0.05) is 45.4 Å². The van der Waals surface area contributed by atoms with E-state index in [1.54, 1.807) is 4.90 Å². The van der Waals surface area contributed by atoms with E-state index in [0.717, 1.165) is 17.4 Å². The number of hydrogen-bond acceptors (Lipinski definition) is 4. The van der Waals surface area contributed by atoms with Gasteiger partial charge in [0.15, 0.2) is 5.78 Å². The van der Waals surface area contributed by atoms with E-state index in [0.29, 0.717) is 55.9 Å². The molecule has 0 N–H and O–H groups in total. The first kappa shape index (κ1) is 19.5. The van der Waals surface area contributed by atoms with Crippen LogP contribution in [0.25, 0.3) is 10.8 Å². The summed E-state index contributed by atoms with van der Waals surface area (Å²) in [6.45, 7) is 1.77. The van der Waals surface area contributed by atoms with Gasteiger partial charge in [0.05, 0.1) is 11.1 Å². The van der Waals surface area contributed by atoms with Gasteiger partial charge in [-0.15, -0.1) is 0 Å². The lowest BCUT2D eigenvalue weighted by Gasteiger charge is -2.22. The molecular formula is C25H24N2O4. The number of carbonyl (C=O) groups is 3. The molecule has 6 heteroatoms. The van der Waals surface area contributed by atoms with Crippen LogP contribution in [-0.4, -0.2) is 47.0 Å². The molecule has 1 saturated heterocycles. The average molecular weight is 416 g/mol. The second-order valence-electron chi connectivity index (χ2n) is 8.26. The Kier molecular flexibility index (Phi) is 5.06. The maximum atomic E-state index is 13.1. The lowest BCUT2D eigenvalue weighted by atomic mass is 9.94. The van der Waals surface area contributed by atoms with Crippen molar-refractivity contribution >= 4 is 28.4 Å². The van der Waals surface area contributed by atoms with Gasteiger partial charge in [-0.3, -0.25) is 14.4 Å². The molecule has 31 heavy (non-hydrogen) atoms. The van der Waals surface area contributed by atoms with Crippen molar-refractivity contribution < 1.29 is 18.8 Å². The third-order valence-electron chi connectivity index (χ3n) is 6.25. The van der Waals surface area contributed by atoms with Crippen molar-refractivity contribution in [2.24, 2.45) is 0 Å². The van der Waals surface area contributed by atoms with Gasteiger partial charge in [-0.05, 0) is 28.8 Å². The minimum atomic E-state index is -0.222. The van der Waals surface area contributed by atoms with Crippen LogP contribution in [0.2, 0.25) is 0 Å². The maximum absolute atomic E-state index is 13.1. The van der Waals surface area contributed by atoms with Crippen molar-refractivity contribution in [3.63, 3.8) is 0 Å². The van der Waals surface area contributed by atoms with Crippen LogP contribution < -0.4 is 0 Å². The molecule has 2 amide bonds. The van der Waals surface area contributed by atoms with Crippen molar-refractivity contribution in [1.29, 1.82) is 0 Å². The SMILES string of the molecule is O=C1CCCc2occ(C(=O)N3CCC(=O)N(Cc4ccc5ccccc5c4)CC3)c21. The van der Waals surface area contributed by atoms with Crippen LogP contribution in [0.4, 0.5) is 0 Å². The lowest BCUT2D eigenvalue weighted by Crippen LogP contribution is -2.36. The van der Waals surface area contributed by atoms with Crippen molar-refractivity contribution in [2.45, 2.75) is 32.2 Å². The highest BCUT2D eigenvalue weighted by Gasteiger charge is 2.31. The van der Waals surface area contributed by atoms with Crippen LogP contribution in [0.1, 0.15) is 51.3 Å².